The Balaban J connectivity index is 3.07. The van der Waals surface area contributed by atoms with Crippen LogP contribution in [0.25, 0.3) is 0 Å². The average molecular weight is 183 g/mol. The van der Waals surface area contributed by atoms with Crippen molar-refractivity contribution in [2.45, 2.75) is 26.0 Å². The lowest BCUT2D eigenvalue weighted by molar-refractivity contribution is 0.164. The summed E-state index contributed by atoms with van der Waals surface area (Å²) in [6, 6.07) is 4.19. The van der Waals surface area contributed by atoms with E-state index in [2.05, 4.69) is 0 Å². The predicted molar refractivity (Wildman–Crippen MR) is 49.7 cm³/mol. The molecule has 0 aromatic heterocycles. The summed E-state index contributed by atoms with van der Waals surface area (Å²) < 4.78 is 13.1. The normalized spacial score (nSPS) is 15.5. The van der Waals surface area contributed by atoms with E-state index in [1.54, 1.807) is 26.0 Å². The molecule has 0 radical (unpaired) electrons. The van der Waals surface area contributed by atoms with E-state index >= 15 is 0 Å². The smallest absolute Gasteiger partial charge is 0.126 e. The van der Waals surface area contributed by atoms with Crippen LogP contribution in [0.3, 0.4) is 0 Å². The van der Waals surface area contributed by atoms with Crippen LogP contribution in [0.4, 0.5) is 4.39 Å². The molecular weight excluding hydrogens is 169 g/mol. The molecule has 0 heterocycles. The van der Waals surface area contributed by atoms with E-state index < -0.39 is 12.1 Å². The highest BCUT2D eigenvalue weighted by atomic mass is 19.1. The van der Waals surface area contributed by atoms with Gasteiger partial charge >= 0.3 is 0 Å². The summed E-state index contributed by atoms with van der Waals surface area (Å²) in [5.41, 5.74) is 6.86. The van der Waals surface area contributed by atoms with Crippen LogP contribution in [0.1, 0.15) is 24.1 Å². The molecule has 0 spiro atoms. The summed E-state index contributed by atoms with van der Waals surface area (Å²) in [7, 11) is 0. The molecule has 2 nitrogen and oxygen atoms in total. The third kappa shape index (κ3) is 2.05. The van der Waals surface area contributed by atoms with E-state index in [4.69, 9.17) is 5.73 Å². The third-order valence-corrected chi connectivity index (χ3v) is 2.19. The van der Waals surface area contributed by atoms with Crippen molar-refractivity contribution in [3.05, 3.63) is 35.1 Å². The maximum atomic E-state index is 13.1. The van der Waals surface area contributed by atoms with Crippen LogP contribution in [0, 0.1) is 12.7 Å². The van der Waals surface area contributed by atoms with E-state index in [1.165, 1.54) is 6.07 Å². The molecule has 3 heteroatoms. The number of aliphatic hydroxyl groups is 1. The summed E-state index contributed by atoms with van der Waals surface area (Å²) >= 11 is 0. The quantitative estimate of drug-likeness (QED) is 0.730. The molecule has 0 bridgehead atoms. The molecule has 3 N–H and O–H groups in total. The zero-order valence-electron chi connectivity index (χ0n) is 7.79. The van der Waals surface area contributed by atoms with Gasteiger partial charge in [-0.15, -0.1) is 0 Å². The maximum Gasteiger partial charge on any atom is 0.126 e. The SMILES string of the molecule is Cc1c(F)cccc1C(N)C(C)O. The Kier molecular flexibility index (Phi) is 3.01. The second-order valence-corrected chi connectivity index (χ2v) is 3.22. The molecule has 1 aromatic rings. The highest BCUT2D eigenvalue weighted by Gasteiger charge is 2.15. The molecule has 0 fully saturated rings. The van der Waals surface area contributed by atoms with Gasteiger partial charge in [0, 0.05) is 0 Å². The van der Waals surface area contributed by atoms with Gasteiger partial charge in [-0.2, -0.15) is 0 Å². The third-order valence-electron chi connectivity index (χ3n) is 2.19. The lowest BCUT2D eigenvalue weighted by Gasteiger charge is -2.17. The van der Waals surface area contributed by atoms with Crippen LogP contribution in [0.2, 0.25) is 0 Å². The van der Waals surface area contributed by atoms with Gasteiger partial charge in [-0.1, -0.05) is 12.1 Å². The Morgan fingerprint density at radius 2 is 2.08 bits per heavy atom. The van der Waals surface area contributed by atoms with Gasteiger partial charge in [-0.05, 0) is 31.0 Å². The van der Waals surface area contributed by atoms with E-state index in [0.29, 0.717) is 11.1 Å². The van der Waals surface area contributed by atoms with Crippen LogP contribution in [0.15, 0.2) is 18.2 Å². The first kappa shape index (κ1) is 10.2. The largest absolute Gasteiger partial charge is 0.391 e. The maximum absolute atomic E-state index is 13.1. The Morgan fingerprint density at radius 3 is 2.62 bits per heavy atom. The van der Waals surface area contributed by atoms with Gasteiger partial charge in [-0.25, -0.2) is 4.39 Å². The van der Waals surface area contributed by atoms with Crippen LogP contribution in [-0.4, -0.2) is 11.2 Å². The first-order valence-electron chi connectivity index (χ1n) is 4.22. The van der Waals surface area contributed by atoms with E-state index in [0.717, 1.165) is 0 Å². The van der Waals surface area contributed by atoms with Crippen molar-refractivity contribution in [3.63, 3.8) is 0 Å². The molecule has 0 aliphatic carbocycles. The number of halogens is 1. The average Bonchev–Trinajstić information content (AvgIpc) is 2.08. The number of benzene rings is 1. The molecular formula is C10H14FNO. The first-order valence-corrected chi connectivity index (χ1v) is 4.22. The fourth-order valence-corrected chi connectivity index (χ4v) is 1.25. The molecule has 2 atom stereocenters. The number of hydrogen-bond acceptors (Lipinski definition) is 2. The summed E-state index contributed by atoms with van der Waals surface area (Å²) in [5.74, 6) is -0.284. The minimum atomic E-state index is -0.666. The molecule has 1 rings (SSSR count). The van der Waals surface area contributed by atoms with Gasteiger partial charge in [0.15, 0.2) is 0 Å². The summed E-state index contributed by atoms with van der Waals surface area (Å²) in [6.45, 7) is 3.25. The van der Waals surface area contributed by atoms with Crippen molar-refractivity contribution in [1.82, 2.24) is 0 Å². The number of hydrogen-bond donors (Lipinski definition) is 2. The van der Waals surface area contributed by atoms with Crippen molar-refractivity contribution < 1.29 is 9.50 Å². The van der Waals surface area contributed by atoms with Gasteiger partial charge in [0.25, 0.3) is 0 Å². The molecule has 0 saturated heterocycles. The minimum Gasteiger partial charge on any atom is -0.391 e. The van der Waals surface area contributed by atoms with Gasteiger partial charge in [-0.3, -0.25) is 0 Å². The minimum absolute atomic E-state index is 0.284. The van der Waals surface area contributed by atoms with Crippen LogP contribution in [0.5, 0.6) is 0 Å². The molecule has 2 unspecified atom stereocenters. The standard InChI is InChI=1S/C10H14FNO/c1-6-8(10(12)7(2)13)4-3-5-9(6)11/h3-5,7,10,13H,12H2,1-2H3. The van der Waals surface area contributed by atoms with Crippen molar-refractivity contribution in [2.24, 2.45) is 5.73 Å². The zero-order chi connectivity index (χ0) is 10.0. The van der Waals surface area contributed by atoms with Crippen LogP contribution in [-0.2, 0) is 0 Å². The van der Waals surface area contributed by atoms with Crippen molar-refractivity contribution in [1.29, 1.82) is 0 Å². The Bertz CT molecular complexity index is 299. The predicted octanol–water partition coefficient (Wildman–Crippen LogP) is 1.51. The van der Waals surface area contributed by atoms with Gasteiger partial charge < -0.3 is 10.8 Å². The highest BCUT2D eigenvalue weighted by Crippen LogP contribution is 2.20. The number of nitrogens with two attached hydrogens (primary N) is 1. The van der Waals surface area contributed by atoms with Gasteiger partial charge in [0.05, 0.1) is 12.1 Å². The van der Waals surface area contributed by atoms with E-state index in [-0.39, 0.29) is 5.82 Å². The lowest BCUT2D eigenvalue weighted by atomic mass is 9.98. The van der Waals surface area contributed by atoms with E-state index in [9.17, 15) is 9.50 Å². The number of rotatable bonds is 2. The molecule has 1 aromatic carbocycles. The molecule has 0 saturated carbocycles. The molecule has 0 amide bonds. The van der Waals surface area contributed by atoms with Crippen molar-refractivity contribution in [3.8, 4) is 0 Å². The van der Waals surface area contributed by atoms with Crippen LogP contribution < -0.4 is 5.73 Å². The van der Waals surface area contributed by atoms with Crippen molar-refractivity contribution >= 4 is 0 Å². The molecule has 0 aliphatic rings. The summed E-state index contributed by atoms with van der Waals surface area (Å²) in [5, 5.41) is 9.24. The van der Waals surface area contributed by atoms with Gasteiger partial charge in [0.1, 0.15) is 5.82 Å². The molecule has 13 heavy (non-hydrogen) atoms. The number of aliphatic hydroxyl groups excluding tert-OH is 1. The fourth-order valence-electron chi connectivity index (χ4n) is 1.25. The Labute approximate surface area is 77.2 Å². The molecule has 0 aliphatic heterocycles. The summed E-state index contributed by atoms with van der Waals surface area (Å²) in [6.07, 6.45) is -0.666. The lowest BCUT2D eigenvalue weighted by Crippen LogP contribution is -2.24. The second kappa shape index (κ2) is 3.85. The monoisotopic (exact) mass is 183 g/mol. The Morgan fingerprint density at radius 1 is 1.46 bits per heavy atom. The first-order chi connectivity index (χ1) is 6.04. The van der Waals surface area contributed by atoms with E-state index in [1.807, 2.05) is 0 Å². The Hall–Kier alpha value is -0.930. The fraction of sp³-hybridized carbons (Fsp3) is 0.400. The highest BCUT2D eigenvalue weighted by molar-refractivity contribution is 5.30. The van der Waals surface area contributed by atoms with Crippen molar-refractivity contribution in [2.75, 3.05) is 0 Å². The van der Waals surface area contributed by atoms with Gasteiger partial charge in [0.2, 0.25) is 0 Å². The topological polar surface area (TPSA) is 46.2 Å². The zero-order valence-corrected chi connectivity index (χ0v) is 7.79. The molecule has 72 valence electrons. The second-order valence-electron chi connectivity index (χ2n) is 3.22. The van der Waals surface area contributed by atoms with Crippen LogP contribution >= 0.6 is 0 Å². The summed E-state index contributed by atoms with van der Waals surface area (Å²) in [4.78, 5) is 0.